The summed E-state index contributed by atoms with van der Waals surface area (Å²) in [5, 5.41) is 0. The molecule has 1 unspecified atom stereocenters. The zero-order valence-corrected chi connectivity index (χ0v) is 22.1. The van der Waals surface area contributed by atoms with Crippen molar-refractivity contribution in [2.75, 3.05) is 34.4 Å². The maximum Gasteiger partial charge on any atom is 0.275 e. The number of carbonyl (C=O) groups is 1. The SMILES string of the molecule is CC=C(C)C(=C(C)CCOC)S(=O)(=O)N(C)Cc1nc(C(=O)N(C)CC2=CC=CC(C)C2)co1. The highest BCUT2D eigenvalue weighted by atomic mass is 32.2. The van der Waals surface area contributed by atoms with Crippen LogP contribution in [-0.4, -0.2) is 62.9 Å². The molecule has 8 nitrogen and oxygen atoms in total. The first-order valence-electron chi connectivity index (χ1n) is 11.4. The zero-order valence-electron chi connectivity index (χ0n) is 21.3. The van der Waals surface area contributed by atoms with Crippen LogP contribution < -0.4 is 0 Å². The monoisotopic (exact) mass is 491 g/mol. The number of hydrogen-bond donors (Lipinski definition) is 0. The molecular weight excluding hydrogens is 454 g/mol. The minimum Gasteiger partial charge on any atom is -0.447 e. The van der Waals surface area contributed by atoms with Crippen molar-refractivity contribution < 1.29 is 22.4 Å². The Morgan fingerprint density at radius 3 is 2.62 bits per heavy atom. The summed E-state index contributed by atoms with van der Waals surface area (Å²) in [6.45, 7) is 8.34. The van der Waals surface area contributed by atoms with E-state index >= 15 is 0 Å². The van der Waals surface area contributed by atoms with Crippen molar-refractivity contribution in [3.05, 3.63) is 63.8 Å². The highest BCUT2D eigenvalue weighted by Crippen LogP contribution is 2.27. The van der Waals surface area contributed by atoms with Gasteiger partial charge in [-0.3, -0.25) is 4.79 Å². The summed E-state index contributed by atoms with van der Waals surface area (Å²) in [4.78, 5) is 18.9. The topological polar surface area (TPSA) is 93.0 Å². The van der Waals surface area contributed by atoms with Gasteiger partial charge in [-0.2, -0.15) is 4.31 Å². The molecule has 1 atom stereocenters. The average molecular weight is 492 g/mol. The Morgan fingerprint density at radius 1 is 1.29 bits per heavy atom. The van der Waals surface area contributed by atoms with Crippen molar-refractivity contribution in [1.82, 2.24) is 14.2 Å². The second-order valence-corrected chi connectivity index (χ2v) is 10.7. The number of sulfonamides is 1. The van der Waals surface area contributed by atoms with E-state index in [2.05, 4.69) is 18.0 Å². The van der Waals surface area contributed by atoms with Gasteiger partial charge >= 0.3 is 0 Å². The molecule has 2 rings (SSSR count). The molecule has 1 amide bonds. The molecule has 0 aromatic carbocycles. The van der Waals surface area contributed by atoms with E-state index in [4.69, 9.17) is 9.15 Å². The number of nitrogens with zero attached hydrogens (tertiary/aromatic N) is 3. The van der Waals surface area contributed by atoms with Gasteiger partial charge in [0.15, 0.2) is 5.69 Å². The van der Waals surface area contributed by atoms with Crippen molar-refractivity contribution in [3.63, 3.8) is 0 Å². The average Bonchev–Trinajstić information content (AvgIpc) is 3.25. The Hall–Kier alpha value is -2.49. The van der Waals surface area contributed by atoms with Gasteiger partial charge in [0.25, 0.3) is 5.91 Å². The minimum atomic E-state index is -3.81. The van der Waals surface area contributed by atoms with Crippen LogP contribution in [0.4, 0.5) is 0 Å². The first-order valence-corrected chi connectivity index (χ1v) is 12.8. The summed E-state index contributed by atoms with van der Waals surface area (Å²) in [6.07, 6.45) is 10.6. The molecule has 1 aromatic heterocycles. The lowest BCUT2D eigenvalue weighted by atomic mass is 9.96. The number of likely N-dealkylation sites (N-methyl/N-ethyl adjacent to an activating group) is 1. The third-order valence-electron chi connectivity index (χ3n) is 5.80. The third kappa shape index (κ3) is 7.01. The summed E-state index contributed by atoms with van der Waals surface area (Å²) >= 11 is 0. The van der Waals surface area contributed by atoms with Crippen LogP contribution in [0.5, 0.6) is 0 Å². The number of hydrogen-bond acceptors (Lipinski definition) is 6. The Bertz CT molecular complexity index is 1100. The molecule has 0 aliphatic heterocycles. The van der Waals surface area contributed by atoms with Gasteiger partial charge in [0.1, 0.15) is 6.26 Å². The molecule has 0 radical (unpaired) electrons. The zero-order chi connectivity index (χ0) is 25.5. The highest BCUT2D eigenvalue weighted by molar-refractivity contribution is 7.93. The quantitative estimate of drug-likeness (QED) is 0.428. The maximum atomic E-state index is 13.4. The van der Waals surface area contributed by atoms with E-state index in [-0.39, 0.29) is 28.9 Å². The molecule has 0 fully saturated rings. The Kier molecular flexibility index (Phi) is 10.0. The normalized spacial score (nSPS) is 17.6. The van der Waals surface area contributed by atoms with E-state index in [9.17, 15) is 13.2 Å². The van der Waals surface area contributed by atoms with Gasteiger partial charge in [-0.1, -0.05) is 42.4 Å². The van der Waals surface area contributed by atoms with Crippen LogP contribution >= 0.6 is 0 Å². The van der Waals surface area contributed by atoms with Crippen molar-refractivity contribution in [3.8, 4) is 0 Å². The number of rotatable bonds is 11. The molecule has 1 heterocycles. The fourth-order valence-corrected chi connectivity index (χ4v) is 5.45. The Labute approximate surface area is 203 Å². The van der Waals surface area contributed by atoms with Gasteiger partial charge in [-0.05, 0) is 45.1 Å². The maximum absolute atomic E-state index is 13.4. The van der Waals surface area contributed by atoms with Crippen molar-refractivity contribution in [1.29, 1.82) is 0 Å². The number of methoxy groups -OCH3 is 1. The Balaban J connectivity index is 2.15. The van der Waals surface area contributed by atoms with Crippen molar-refractivity contribution in [2.45, 2.75) is 47.1 Å². The number of carbonyl (C=O) groups excluding carboxylic acids is 1. The Morgan fingerprint density at radius 2 is 2.00 bits per heavy atom. The van der Waals surface area contributed by atoms with Crippen LogP contribution in [0.15, 0.2) is 56.6 Å². The lowest BCUT2D eigenvalue weighted by Crippen LogP contribution is -2.30. The van der Waals surface area contributed by atoms with E-state index in [1.807, 2.05) is 12.2 Å². The van der Waals surface area contributed by atoms with Gasteiger partial charge in [0.2, 0.25) is 15.9 Å². The highest BCUT2D eigenvalue weighted by Gasteiger charge is 2.28. The first kappa shape index (κ1) is 27.8. The van der Waals surface area contributed by atoms with Gasteiger partial charge in [0.05, 0.1) is 11.4 Å². The third-order valence-corrected chi connectivity index (χ3v) is 7.94. The largest absolute Gasteiger partial charge is 0.447 e. The number of ether oxygens (including phenoxy) is 1. The van der Waals surface area contributed by atoms with Crippen LogP contribution in [0.25, 0.3) is 0 Å². The molecule has 0 saturated carbocycles. The van der Waals surface area contributed by atoms with Crippen LogP contribution in [0.3, 0.4) is 0 Å². The van der Waals surface area contributed by atoms with E-state index in [0.717, 1.165) is 12.0 Å². The van der Waals surface area contributed by atoms with Gasteiger partial charge < -0.3 is 14.1 Å². The fourth-order valence-electron chi connectivity index (χ4n) is 3.79. The summed E-state index contributed by atoms with van der Waals surface area (Å²) < 4.78 is 38.5. The number of amides is 1. The minimum absolute atomic E-state index is 0.0924. The van der Waals surface area contributed by atoms with Gasteiger partial charge in [0, 0.05) is 34.4 Å². The molecule has 0 N–H and O–H groups in total. The lowest BCUT2D eigenvalue weighted by molar-refractivity contribution is 0.0799. The second-order valence-electron chi connectivity index (χ2n) is 8.76. The van der Waals surface area contributed by atoms with Crippen molar-refractivity contribution >= 4 is 15.9 Å². The number of allylic oxidation sites excluding steroid dienone is 5. The fraction of sp³-hybridized carbons (Fsp3) is 0.520. The molecule has 188 valence electrons. The first-order chi connectivity index (χ1) is 16.0. The summed E-state index contributed by atoms with van der Waals surface area (Å²) in [5.41, 5.74) is 2.70. The van der Waals surface area contributed by atoms with Crippen LogP contribution in [0, 0.1) is 5.92 Å². The molecule has 1 aliphatic carbocycles. The lowest BCUT2D eigenvalue weighted by Gasteiger charge is -2.21. The molecular formula is C25H37N3O5S. The molecule has 0 spiro atoms. The molecule has 9 heteroatoms. The van der Waals surface area contributed by atoms with E-state index in [1.165, 1.54) is 23.2 Å². The summed E-state index contributed by atoms with van der Waals surface area (Å²) in [6, 6.07) is 0. The van der Waals surface area contributed by atoms with Crippen LogP contribution in [0.1, 0.15) is 56.9 Å². The summed E-state index contributed by atoms with van der Waals surface area (Å²) in [7, 11) is 0.965. The second kappa shape index (κ2) is 12.3. The van der Waals surface area contributed by atoms with E-state index in [1.54, 1.807) is 45.9 Å². The molecule has 0 saturated heterocycles. The number of aromatic nitrogens is 1. The van der Waals surface area contributed by atoms with Crippen molar-refractivity contribution in [2.24, 2.45) is 5.92 Å². The predicted octanol–water partition coefficient (Wildman–Crippen LogP) is 4.31. The van der Waals surface area contributed by atoms with E-state index < -0.39 is 10.0 Å². The van der Waals surface area contributed by atoms with Crippen LogP contribution in [0.2, 0.25) is 0 Å². The smallest absolute Gasteiger partial charge is 0.275 e. The standard InChI is InChI=1S/C25H37N3O5S/c1-8-19(3)24(20(4)12-13-32-7)34(30,31)28(6)16-23-26-22(17-33-23)25(29)27(5)15-21-11-9-10-18(2)14-21/h8-11,17-18H,12-16H2,1-7H3. The number of oxazole rings is 1. The predicted molar refractivity (Wildman–Crippen MR) is 133 cm³/mol. The van der Waals surface area contributed by atoms with Gasteiger partial charge in [-0.15, -0.1) is 0 Å². The molecule has 1 aromatic rings. The summed E-state index contributed by atoms with van der Waals surface area (Å²) in [5.74, 6) is 0.329. The molecule has 0 bridgehead atoms. The molecule has 34 heavy (non-hydrogen) atoms. The van der Waals surface area contributed by atoms with Crippen LogP contribution in [-0.2, 0) is 21.3 Å². The van der Waals surface area contributed by atoms with Gasteiger partial charge in [-0.25, -0.2) is 13.4 Å². The van der Waals surface area contributed by atoms with E-state index in [0.29, 0.717) is 31.1 Å². The molecule has 1 aliphatic rings.